The Morgan fingerprint density at radius 2 is 1.71 bits per heavy atom. The summed E-state index contributed by atoms with van der Waals surface area (Å²) in [5.74, 6) is 2.91. The third-order valence-corrected chi connectivity index (χ3v) is 9.27. The number of alkyl halides is 1. The van der Waals surface area contributed by atoms with Crippen molar-refractivity contribution >= 4 is 0 Å². The van der Waals surface area contributed by atoms with Crippen LogP contribution >= 0.6 is 0 Å². The van der Waals surface area contributed by atoms with Gasteiger partial charge in [-0.25, -0.2) is 4.39 Å². The minimum Gasteiger partial charge on any atom is -0.387 e. The molecule has 24 heavy (non-hydrogen) atoms. The highest BCUT2D eigenvalue weighted by molar-refractivity contribution is 5.10. The van der Waals surface area contributed by atoms with Crippen LogP contribution in [0.15, 0.2) is 0 Å². The fourth-order valence-corrected chi connectivity index (χ4v) is 7.78. The molecule has 4 aliphatic carbocycles. The Morgan fingerprint density at radius 3 is 2.42 bits per heavy atom. The average molecular weight is 339 g/mol. The van der Waals surface area contributed by atoms with Crippen molar-refractivity contribution in [2.75, 3.05) is 13.8 Å². The summed E-state index contributed by atoms with van der Waals surface area (Å²) < 4.78 is 19.2. The Morgan fingerprint density at radius 1 is 0.958 bits per heavy atom. The van der Waals surface area contributed by atoms with Gasteiger partial charge in [0.1, 0.15) is 6.67 Å². The van der Waals surface area contributed by atoms with Gasteiger partial charge in [0.25, 0.3) is 0 Å². The van der Waals surface area contributed by atoms with Crippen LogP contribution in [0.3, 0.4) is 0 Å². The summed E-state index contributed by atoms with van der Waals surface area (Å²) in [5.41, 5.74) is -0.348. The van der Waals surface area contributed by atoms with E-state index in [4.69, 9.17) is 4.74 Å². The summed E-state index contributed by atoms with van der Waals surface area (Å²) in [6, 6.07) is 0. The van der Waals surface area contributed by atoms with Crippen molar-refractivity contribution < 1.29 is 14.2 Å². The van der Waals surface area contributed by atoms with Gasteiger partial charge in [0.05, 0.1) is 11.7 Å². The van der Waals surface area contributed by atoms with Crippen molar-refractivity contribution in [1.29, 1.82) is 0 Å². The van der Waals surface area contributed by atoms with E-state index in [2.05, 4.69) is 13.8 Å². The number of rotatable bonds is 2. The van der Waals surface area contributed by atoms with Crippen molar-refractivity contribution in [1.82, 2.24) is 0 Å². The predicted molar refractivity (Wildman–Crippen MR) is 93.4 cm³/mol. The molecule has 0 bridgehead atoms. The Balaban J connectivity index is 1.58. The molecule has 0 aromatic heterocycles. The Hall–Kier alpha value is -0.150. The lowest BCUT2D eigenvalue weighted by Crippen LogP contribution is -2.56. The molecule has 0 amide bonds. The van der Waals surface area contributed by atoms with Crippen LogP contribution in [0.5, 0.6) is 0 Å². The number of halogens is 1. The Bertz CT molecular complexity index is 496. The molecule has 1 N–H and O–H groups in total. The number of hydrogen-bond acceptors (Lipinski definition) is 2. The second-order valence-electron chi connectivity index (χ2n) is 10.1. The largest absolute Gasteiger partial charge is 0.387 e. The normalized spacial score (nSPS) is 57.1. The van der Waals surface area contributed by atoms with E-state index in [0.717, 1.165) is 24.2 Å². The zero-order valence-electron chi connectivity index (χ0n) is 15.7. The molecular weight excluding hydrogens is 303 g/mol. The fraction of sp³-hybridized carbons (Fsp3) is 1.00. The summed E-state index contributed by atoms with van der Waals surface area (Å²) in [6.07, 6.45) is 10.4. The van der Waals surface area contributed by atoms with Crippen LogP contribution in [0.25, 0.3) is 0 Å². The molecule has 0 saturated heterocycles. The SMILES string of the molecule is CO[C@H]1CC[C@H]2[C@@H]3CC[C@H]4C[C@@](O)(CF)CC[C@]4(C)[C@H]3CC[C@]12C. The third-order valence-electron chi connectivity index (χ3n) is 9.27. The summed E-state index contributed by atoms with van der Waals surface area (Å²) in [5, 5.41) is 10.5. The van der Waals surface area contributed by atoms with Crippen LogP contribution in [0.1, 0.15) is 71.6 Å². The van der Waals surface area contributed by atoms with E-state index in [9.17, 15) is 9.50 Å². The highest BCUT2D eigenvalue weighted by Crippen LogP contribution is 2.67. The van der Waals surface area contributed by atoms with Gasteiger partial charge in [-0.1, -0.05) is 13.8 Å². The number of hydrogen-bond donors (Lipinski definition) is 1. The summed E-state index contributed by atoms with van der Waals surface area (Å²) in [6.45, 7) is 4.38. The first-order valence-electron chi connectivity index (χ1n) is 10.2. The number of methoxy groups -OCH3 is 1. The van der Waals surface area contributed by atoms with E-state index in [1.165, 1.54) is 38.5 Å². The monoisotopic (exact) mass is 338 g/mol. The molecule has 2 nitrogen and oxygen atoms in total. The third kappa shape index (κ3) is 2.26. The molecule has 0 heterocycles. The molecule has 4 aliphatic rings. The zero-order valence-corrected chi connectivity index (χ0v) is 15.7. The van der Waals surface area contributed by atoms with E-state index in [1.54, 1.807) is 0 Å². The smallest absolute Gasteiger partial charge is 0.118 e. The maximum atomic E-state index is 13.3. The van der Waals surface area contributed by atoms with Gasteiger partial charge in [-0.15, -0.1) is 0 Å². The van der Waals surface area contributed by atoms with Crippen molar-refractivity contribution in [2.45, 2.75) is 83.3 Å². The molecule has 8 atom stereocenters. The van der Waals surface area contributed by atoms with Crippen LogP contribution in [0.2, 0.25) is 0 Å². The molecular formula is C21H35FO2. The van der Waals surface area contributed by atoms with Crippen LogP contribution in [-0.4, -0.2) is 30.6 Å². The van der Waals surface area contributed by atoms with E-state index >= 15 is 0 Å². The first-order chi connectivity index (χ1) is 11.4. The lowest BCUT2D eigenvalue weighted by atomic mass is 9.44. The molecule has 4 saturated carbocycles. The molecule has 0 spiro atoms. The van der Waals surface area contributed by atoms with E-state index in [1.807, 2.05) is 7.11 Å². The zero-order chi connectivity index (χ0) is 17.2. The van der Waals surface area contributed by atoms with E-state index in [-0.39, 0.29) is 0 Å². The van der Waals surface area contributed by atoms with E-state index in [0.29, 0.717) is 35.7 Å². The van der Waals surface area contributed by atoms with Gasteiger partial charge in [-0.3, -0.25) is 0 Å². The fourth-order valence-electron chi connectivity index (χ4n) is 7.78. The molecule has 4 fully saturated rings. The van der Waals surface area contributed by atoms with E-state index < -0.39 is 12.3 Å². The maximum absolute atomic E-state index is 13.3. The van der Waals surface area contributed by atoms with Gasteiger partial charge in [0.15, 0.2) is 0 Å². The molecule has 4 rings (SSSR count). The highest BCUT2D eigenvalue weighted by Gasteiger charge is 2.61. The van der Waals surface area contributed by atoms with Crippen molar-refractivity contribution in [3.63, 3.8) is 0 Å². The number of ether oxygens (including phenoxy) is 1. The first kappa shape index (κ1) is 17.3. The van der Waals surface area contributed by atoms with Gasteiger partial charge < -0.3 is 9.84 Å². The lowest BCUT2D eigenvalue weighted by Gasteiger charge is -2.61. The molecule has 3 heteroatoms. The summed E-state index contributed by atoms with van der Waals surface area (Å²) in [4.78, 5) is 0. The molecule has 0 radical (unpaired) electrons. The predicted octanol–water partition coefficient (Wildman–Crippen LogP) is 4.74. The maximum Gasteiger partial charge on any atom is 0.118 e. The summed E-state index contributed by atoms with van der Waals surface area (Å²) in [7, 11) is 1.89. The minimum atomic E-state index is -1.03. The van der Waals surface area contributed by atoms with Crippen LogP contribution in [-0.2, 0) is 4.74 Å². The lowest BCUT2D eigenvalue weighted by molar-refractivity contribution is -0.160. The second-order valence-corrected chi connectivity index (χ2v) is 10.1. The molecule has 0 aromatic rings. The van der Waals surface area contributed by atoms with Crippen LogP contribution in [0, 0.1) is 34.5 Å². The van der Waals surface area contributed by atoms with Gasteiger partial charge in [0.2, 0.25) is 0 Å². The van der Waals surface area contributed by atoms with Crippen LogP contribution in [0.4, 0.5) is 4.39 Å². The first-order valence-corrected chi connectivity index (χ1v) is 10.2. The second kappa shape index (κ2) is 5.67. The Labute approximate surface area is 146 Å². The van der Waals surface area contributed by atoms with Gasteiger partial charge in [0, 0.05) is 7.11 Å². The summed E-state index contributed by atoms with van der Waals surface area (Å²) >= 11 is 0. The Kier molecular flexibility index (Phi) is 4.08. The van der Waals surface area contributed by atoms with Crippen molar-refractivity contribution in [3.05, 3.63) is 0 Å². The standard InChI is InChI=1S/C21H35FO2/c1-19-10-11-21(23,13-22)12-14(19)4-5-15-16-6-7-18(24-3)20(16,2)9-8-17(15)19/h14-18,23H,4-13H2,1-3H3/t14-,15-,16-,17-,18-,19-,20-,21+/m0/s1. The molecule has 0 aliphatic heterocycles. The average Bonchev–Trinajstić information content (AvgIpc) is 2.92. The number of aliphatic hydroxyl groups is 1. The minimum absolute atomic E-state index is 0.316. The molecule has 138 valence electrons. The molecule has 0 unspecified atom stereocenters. The highest BCUT2D eigenvalue weighted by atomic mass is 19.1. The van der Waals surface area contributed by atoms with Gasteiger partial charge in [-0.05, 0) is 92.3 Å². The quantitative estimate of drug-likeness (QED) is 0.788. The number of fused-ring (bicyclic) bond motifs is 5. The van der Waals surface area contributed by atoms with Gasteiger partial charge >= 0.3 is 0 Å². The van der Waals surface area contributed by atoms with Crippen molar-refractivity contribution in [3.8, 4) is 0 Å². The van der Waals surface area contributed by atoms with Crippen LogP contribution < -0.4 is 0 Å². The molecule has 0 aromatic carbocycles. The van der Waals surface area contributed by atoms with Gasteiger partial charge in [-0.2, -0.15) is 0 Å². The van der Waals surface area contributed by atoms with Crippen molar-refractivity contribution in [2.24, 2.45) is 34.5 Å². The topological polar surface area (TPSA) is 29.5 Å².